The lowest BCUT2D eigenvalue weighted by Crippen LogP contribution is -2.03. The highest BCUT2D eigenvalue weighted by molar-refractivity contribution is 6.30. The van der Waals surface area contributed by atoms with Crippen molar-refractivity contribution < 1.29 is 13.9 Å². The summed E-state index contributed by atoms with van der Waals surface area (Å²) < 4.78 is 22.9. The highest BCUT2D eigenvalue weighted by atomic mass is 35.5. The van der Waals surface area contributed by atoms with Crippen LogP contribution in [0.2, 0.25) is 5.02 Å². The van der Waals surface area contributed by atoms with Crippen LogP contribution in [0.4, 0.5) is 4.39 Å². The molecule has 0 amide bonds. The van der Waals surface area contributed by atoms with Crippen LogP contribution in [0.3, 0.4) is 0 Å². The first-order chi connectivity index (χ1) is 6.25. The van der Waals surface area contributed by atoms with Crippen LogP contribution in [0, 0.1) is 5.82 Å². The highest BCUT2D eigenvalue weighted by Crippen LogP contribution is 2.22. The predicted molar refractivity (Wildman–Crippen MR) is 46.6 cm³/mol. The normalized spacial score (nSPS) is 20.0. The molecule has 2 nitrogen and oxygen atoms in total. The van der Waals surface area contributed by atoms with E-state index in [1.807, 2.05) is 0 Å². The Morgan fingerprint density at radius 2 is 2.38 bits per heavy atom. The summed E-state index contributed by atoms with van der Waals surface area (Å²) in [6.07, 6.45) is 0.198. The second-order valence-corrected chi connectivity index (χ2v) is 3.25. The van der Waals surface area contributed by atoms with Crippen molar-refractivity contribution in [2.75, 3.05) is 13.2 Å². The van der Waals surface area contributed by atoms with Crippen LogP contribution < -0.4 is 4.74 Å². The zero-order valence-corrected chi connectivity index (χ0v) is 7.55. The third kappa shape index (κ3) is 2.32. The van der Waals surface area contributed by atoms with Crippen LogP contribution in [0.15, 0.2) is 18.2 Å². The summed E-state index contributed by atoms with van der Waals surface area (Å²) in [6.45, 7) is 1.25. The Hall–Kier alpha value is -0.800. The van der Waals surface area contributed by atoms with E-state index in [2.05, 4.69) is 0 Å². The Morgan fingerprint density at radius 1 is 1.62 bits per heavy atom. The molecule has 1 saturated heterocycles. The summed E-state index contributed by atoms with van der Waals surface area (Å²) in [5.41, 5.74) is 0. The maximum Gasteiger partial charge on any atom is 0.142 e. The Balaban J connectivity index is 1.98. The molecular formula is C9H8ClFO2. The average Bonchev–Trinajstić information content (AvgIpc) is 2.91. The lowest BCUT2D eigenvalue weighted by atomic mass is 10.3. The van der Waals surface area contributed by atoms with Crippen molar-refractivity contribution in [2.24, 2.45) is 0 Å². The fourth-order valence-electron chi connectivity index (χ4n) is 0.920. The van der Waals surface area contributed by atoms with Gasteiger partial charge in [0, 0.05) is 6.07 Å². The van der Waals surface area contributed by atoms with E-state index in [1.54, 1.807) is 6.07 Å². The minimum Gasteiger partial charge on any atom is -0.491 e. The Kier molecular flexibility index (Phi) is 2.38. The molecule has 2 rings (SSSR count). The second-order valence-electron chi connectivity index (χ2n) is 2.84. The zero-order valence-electron chi connectivity index (χ0n) is 6.80. The molecule has 0 radical (unpaired) electrons. The number of hydrogen-bond donors (Lipinski definition) is 0. The quantitative estimate of drug-likeness (QED) is 0.702. The number of epoxide rings is 1. The van der Waals surface area contributed by atoms with Gasteiger partial charge in [0.2, 0.25) is 0 Å². The van der Waals surface area contributed by atoms with Crippen molar-refractivity contribution in [1.29, 1.82) is 0 Å². The topological polar surface area (TPSA) is 21.8 Å². The molecule has 13 heavy (non-hydrogen) atoms. The zero-order chi connectivity index (χ0) is 9.26. The van der Waals surface area contributed by atoms with E-state index in [0.29, 0.717) is 12.4 Å². The first-order valence-electron chi connectivity index (χ1n) is 3.95. The van der Waals surface area contributed by atoms with Gasteiger partial charge in [-0.25, -0.2) is 4.39 Å². The molecule has 0 bridgehead atoms. The summed E-state index contributed by atoms with van der Waals surface area (Å²) in [4.78, 5) is 0. The largest absolute Gasteiger partial charge is 0.491 e. The fourth-order valence-corrected chi connectivity index (χ4v) is 1.09. The van der Waals surface area contributed by atoms with Gasteiger partial charge in [-0.05, 0) is 12.1 Å². The van der Waals surface area contributed by atoms with Crippen molar-refractivity contribution in [2.45, 2.75) is 6.10 Å². The van der Waals surface area contributed by atoms with Crippen LogP contribution >= 0.6 is 11.6 Å². The van der Waals surface area contributed by atoms with Crippen molar-refractivity contribution in [1.82, 2.24) is 0 Å². The number of benzene rings is 1. The summed E-state index contributed by atoms with van der Waals surface area (Å²) >= 11 is 5.56. The summed E-state index contributed by atoms with van der Waals surface area (Å²) in [5, 5.41) is 0.0780. The molecule has 1 aliphatic rings. The van der Waals surface area contributed by atoms with Crippen LogP contribution in [0.1, 0.15) is 0 Å². The number of hydrogen-bond acceptors (Lipinski definition) is 2. The molecule has 0 N–H and O–H groups in total. The fraction of sp³-hybridized carbons (Fsp3) is 0.333. The van der Waals surface area contributed by atoms with Gasteiger partial charge in [0.15, 0.2) is 0 Å². The smallest absolute Gasteiger partial charge is 0.142 e. The van der Waals surface area contributed by atoms with E-state index in [1.165, 1.54) is 12.1 Å². The highest BCUT2D eigenvalue weighted by Gasteiger charge is 2.23. The molecule has 1 aromatic carbocycles. The SMILES string of the molecule is Fc1ccc(OC[C@@H]2CO2)cc1Cl. The van der Waals surface area contributed by atoms with E-state index < -0.39 is 5.82 Å². The van der Waals surface area contributed by atoms with Gasteiger partial charge < -0.3 is 9.47 Å². The van der Waals surface area contributed by atoms with Crippen LogP contribution in [0.5, 0.6) is 5.75 Å². The third-order valence-electron chi connectivity index (χ3n) is 1.73. The monoisotopic (exact) mass is 202 g/mol. The maximum atomic E-state index is 12.7. The first-order valence-corrected chi connectivity index (χ1v) is 4.33. The average molecular weight is 203 g/mol. The van der Waals surface area contributed by atoms with Gasteiger partial charge in [0.25, 0.3) is 0 Å². The van der Waals surface area contributed by atoms with Crippen molar-refractivity contribution >= 4 is 11.6 Å². The van der Waals surface area contributed by atoms with Crippen molar-refractivity contribution in [3.8, 4) is 5.75 Å². The molecule has 1 heterocycles. The molecule has 1 atom stereocenters. The standard InChI is InChI=1S/C9H8ClFO2/c10-8-3-6(1-2-9(8)11)12-4-7-5-13-7/h1-3,7H,4-5H2/t7-/m1/s1. The van der Waals surface area contributed by atoms with E-state index in [4.69, 9.17) is 21.1 Å². The Labute approximate surface area is 80.2 Å². The molecule has 1 fully saturated rings. The lowest BCUT2D eigenvalue weighted by molar-refractivity contribution is 0.263. The van der Waals surface area contributed by atoms with Gasteiger partial charge >= 0.3 is 0 Å². The molecule has 1 aromatic rings. The second kappa shape index (κ2) is 3.52. The molecule has 70 valence electrons. The van der Waals surface area contributed by atoms with Gasteiger partial charge in [-0.3, -0.25) is 0 Å². The van der Waals surface area contributed by atoms with Crippen LogP contribution in [-0.4, -0.2) is 19.3 Å². The van der Waals surface area contributed by atoms with Gasteiger partial charge in [-0.1, -0.05) is 11.6 Å². The van der Waals surface area contributed by atoms with E-state index in [9.17, 15) is 4.39 Å². The Morgan fingerprint density at radius 3 is 3.00 bits per heavy atom. The van der Waals surface area contributed by atoms with Crippen LogP contribution in [-0.2, 0) is 4.74 Å². The van der Waals surface area contributed by atoms with Crippen molar-refractivity contribution in [3.63, 3.8) is 0 Å². The Bertz CT molecular complexity index is 312. The van der Waals surface area contributed by atoms with Gasteiger partial charge in [0.1, 0.15) is 24.3 Å². The minimum atomic E-state index is -0.434. The molecule has 1 aliphatic heterocycles. The molecule has 0 unspecified atom stereocenters. The molecule has 0 aromatic heterocycles. The van der Waals surface area contributed by atoms with E-state index in [-0.39, 0.29) is 11.1 Å². The van der Waals surface area contributed by atoms with Gasteiger partial charge in [-0.15, -0.1) is 0 Å². The minimum absolute atomic E-state index is 0.0780. The summed E-state index contributed by atoms with van der Waals surface area (Å²) in [6, 6.07) is 4.29. The van der Waals surface area contributed by atoms with Gasteiger partial charge in [-0.2, -0.15) is 0 Å². The first kappa shape index (κ1) is 8.78. The summed E-state index contributed by atoms with van der Waals surface area (Å²) in [5.74, 6) is 0.138. The lowest BCUT2D eigenvalue weighted by Gasteiger charge is -2.04. The van der Waals surface area contributed by atoms with Gasteiger partial charge in [0.05, 0.1) is 11.6 Å². The molecular weight excluding hydrogens is 195 g/mol. The molecule has 0 spiro atoms. The maximum absolute atomic E-state index is 12.7. The summed E-state index contributed by atoms with van der Waals surface area (Å²) in [7, 11) is 0. The van der Waals surface area contributed by atoms with E-state index in [0.717, 1.165) is 6.61 Å². The number of halogens is 2. The number of rotatable bonds is 3. The van der Waals surface area contributed by atoms with E-state index >= 15 is 0 Å². The predicted octanol–water partition coefficient (Wildman–Crippen LogP) is 2.26. The van der Waals surface area contributed by atoms with Crippen LogP contribution in [0.25, 0.3) is 0 Å². The molecule has 4 heteroatoms. The number of ether oxygens (including phenoxy) is 2. The molecule has 0 aliphatic carbocycles. The molecule has 0 saturated carbocycles. The third-order valence-corrected chi connectivity index (χ3v) is 2.02. The van der Waals surface area contributed by atoms with Crippen molar-refractivity contribution in [3.05, 3.63) is 29.0 Å².